The lowest BCUT2D eigenvalue weighted by Crippen LogP contribution is -2.09. The Morgan fingerprint density at radius 1 is 1.14 bits per heavy atom. The van der Waals surface area contributed by atoms with Gasteiger partial charge in [0.25, 0.3) is 0 Å². The molecule has 0 heterocycles. The first-order chi connectivity index (χ1) is 9.90. The SMILES string of the molecule is COCc1cccc(Nc2ccc(N)cc2C(F)(F)F)c1. The van der Waals surface area contributed by atoms with E-state index < -0.39 is 11.7 Å². The van der Waals surface area contributed by atoms with Crippen molar-refractivity contribution in [3.05, 3.63) is 53.6 Å². The Morgan fingerprint density at radius 2 is 1.90 bits per heavy atom. The molecule has 0 unspecified atom stereocenters. The fourth-order valence-corrected chi connectivity index (χ4v) is 1.97. The molecule has 0 aliphatic heterocycles. The standard InChI is InChI=1S/C15H15F3N2O/c1-21-9-10-3-2-4-12(7-10)20-14-6-5-11(19)8-13(14)15(16,17)18/h2-8,20H,9,19H2,1H3. The monoisotopic (exact) mass is 296 g/mol. The summed E-state index contributed by atoms with van der Waals surface area (Å²) in [4.78, 5) is 0. The molecule has 0 aliphatic carbocycles. The number of methoxy groups -OCH3 is 1. The molecule has 0 aromatic heterocycles. The Morgan fingerprint density at radius 3 is 2.57 bits per heavy atom. The Balaban J connectivity index is 2.33. The minimum atomic E-state index is -4.47. The Labute approximate surface area is 120 Å². The molecule has 0 saturated carbocycles. The van der Waals surface area contributed by atoms with E-state index in [9.17, 15) is 13.2 Å². The minimum Gasteiger partial charge on any atom is -0.399 e. The first kappa shape index (κ1) is 15.2. The number of nitrogens with one attached hydrogen (secondary N) is 1. The third kappa shape index (κ3) is 3.88. The molecule has 6 heteroatoms. The summed E-state index contributed by atoms with van der Waals surface area (Å²) < 4.78 is 44.0. The second kappa shape index (κ2) is 6.05. The Hall–Kier alpha value is -2.21. The number of ether oxygens (including phenoxy) is 1. The Kier molecular flexibility index (Phi) is 4.37. The van der Waals surface area contributed by atoms with Gasteiger partial charge in [-0.05, 0) is 35.9 Å². The lowest BCUT2D eigenvalue weighted by atomic mass is 10.1. The summed E-state index contributed by atoms with van der Waals surface area (Å²) >= 11 is 0. The van der Waals surface area contributed by atoms with Gasteiger partial charge >= 0.3 is 6.18 Å². The van der Waals surface area contributed by atoms with Gasteiger partial charge in [0.15, 0.2) is 0 Å². The summed E-state index contributed by atoms with van der Waals surface area (Å²) in [7, 11) is 1.56. The first-order valence-corrected chi connectivity index (χ1v) is 6.22. The third-order valence-corrected chi connectivity index (χ3v) is 2.87. The van der Waals surface area contributed by atoms with Crippen molar-refractivity contribution in [3.8, 4) is 0 Å². The van der Waals surface area contributed by atoms with Crippen molar-refractivity contribution in [2.24, 2.45) is 0 Å². The summed E-state index contributed by atoms with van der Waals surface area (Å²) in [6, 6.07) is 10.7. The van der Waals surface area contributed by atoms with Gasteiger partial charge in [0.1, 0.15) is 0 Å². The van der Waals surface area contributed by atoms with Crippen LogP contribution in [0.15, 0.2) is 42.5 Å². The lowest BCUT2D eigenvalue weighted by molar-refractivity contribution is -0.136. The molecule has 0 amide bonds. The molecule has 0 bridgehead atoms. The van der Waals surface area contributed by atoms with Crippen molar-refractivity contribution >= 4 is 17.1 Å². The summed E-state index contributed by atoms with van der Waals surface area (Å²) in [6.07, 6.45) is -4.47. The van der Waals surface area contributed by atoms with Crippen LogP contribution in [0.1, 0.15) is 11.1 Å². The highest BCUT2D eigenvalue weighted by Gasteiger charge is 2.33. The molecular formula is C15H15F3N2O. The number of nitrogen functional groups attached to an aromatic ring is 1. The summed E-state index contributed by atoms with van der Waals surface area (Å²) in [6.45, 7) is 0.392. The highest BCUT2D eigenvalue weighted by atomic mass is 19.4. The number of nitrogens with two attached hydrogens (primary N) is 1. The molecule has 2 aromatic carbocycles. The molecule has 2 aromatic rings. The fourth-order valence-electron chi connectivity index (χ4n) is 1.97. The van der Waals surface area contributed by atoms with Crippen LogP contribution in [0.5, 0.6) is 0 Å². The van der Waals surface area contributed by atoms with Gasteiger partial charge in [-0.3, -0.25) is 0 Å². The molecule has 0 radical (unpaired) electrons. The van der Waals surface area contributed by atoms with Crippen molar-refractivity contribution in [1.82, 2.24) is 0 Å². The number of anilines is 3. The van der Waals surface area contributed by atoms with Crippen LogP contribution in [-0.4, -0.2) is 7.11 Å². The van der Waals surface area contributed by atoms with Gasteiger partial charge in [0, 0.05) is 18.5 Å². The lowest BCUT2D eigenvalue weighted by Gasteiger charge is -2.15. The number of benzene rings is 2. The number of alkyl halides is 3. The minimum absolute atomic E-state index is 0.0359. The van der Waals surface area contributed by atoms with Gasteiger partial charge in [0.2, 0.25) is 0 Å². The summed E-state index contributed by atoms with van der Waals surface area (Å²) in [5.41, 5.74) is 6.10. The van der Waals surface area contributed by atoms with E-state index in [2.05, 4.69) is 5.32 Å². The van der Waals surface area contributed by atoms with Crippen molar-refractivity contribution in [2.75, 3.05) is 18.2 Å². The number of halogens is 3. The van der Waals surface area contributed by atoms with Crippen molar-refractivity contribution in [1.29, 1.82) is 0 Å². The van der Waals surface area contributed by atoms with Crippen LogP contribution in [0, 0.1) is 0 Å². The van der Waals surface area contributed by atoms with Crippen LogP contribution in [0.25, 0.3) is 0 Å². The molecule has 0 fully saturated rings. The van der Waals surface area contributed by atoms with Crippen molar-refractivity contribution < 1.29 is 17.9 Å². The zero-order valence-corrected chi connectivity index (χ0v) is 11.4. The second-order valence-corrected chi connectivity index (χ2v) is 4.56. The second-order valence-electron chi connectivity index (χ2n) is 4.56. The van der Waals surface area contributed by atoms with Crippen LogP contribution >= 0.6 is 0 Å². The van der Waals surface area contributed by atoms with Crippen LogP contribution in [0.3, 0.4) is 0 Å². The van der Waals surface area contributed by atoms with E-state index in [1.165, 1.54) is 12.1 Å². The molecule has 3 N–H and O–H groups in total. The molecule has 112 valence electrons. The maximum Gasteiger partial charge on any atom is 0.418 e. The zero-order chi connectivity index (χ0) is 15.5. The quantitative estimate of drug-likeness (QED) is 0.832. The van der Waals surface area contributed by atoms with E-state index >= 15 is 0 Å². The van der Waals surface area contributed by atoms with Crippen LogP contribution in [0.2, 0.25) is 0 Å². The van der Waals surface area contributed by atoms with E-state index in [4.69, 9.17) is 10.5 Å². The van der Waals surface area contributed by atoms with Gasteiger partial charge in [-0.25, -0.2) is 0 Å². The average Bonchev–Trinajstić information content (AvgIpc) is 2.40. The van der Waals surface area contributed by atoms with Crippen LogP contribution < -0.4 is 11.1 Å². The maximum atomic E-state index is 13.0. The maximum absolute atomic E-state index is 13.0. The third-order valence-electron chi connectivity index (χ3n) is 2.87. The molecule has 0 spiro atoms. The zero-order valence-electron chi connectivity index (χ0n) is 11.4. The van der Waals surface area contributed by atoms with E-state index in [0.29, 0.717) is 12.3 Å². The largest absolute Gasteiger partial charge is 0.418 e. The van der Waals surface area contributed by atoms with E-state index in [0.717, 1.165) is 11.6 Å². The average molecular weight is 296 g/mol. The summed E-state index contributed by atoms with van der Waals surface area (Å²) in [5.74, 6) is 0. The predicted molar refractivity (Wildman–Crippen MR) is 76.3 cm³/mol. The van der Waals surface area contributed by atoms with Gasteiger partial charge < -0.3 is 15.8 Å². The Bertz CT molecular complexity index is 627. The van der Waals surface area contributed by atoms with Gasteiger partial charge in [-0.15, -0.1) is 0 Å². The van der Waals surface area contributed by atoms with Gasteiger partial charge in [-0.1, -0.05) is 12.1 Å². The molecule has 2 rings (SSSR count). The molecule has 0 aliphatic rings. The van der Waals surface area contributed by atoms with Crippen molar-refractivity contribution in [3.63, 3.8) is 0 Å². The van der Waals surface area contributed by atoms with Crippen LogP contribution in [-0.2, 0) is 17.5 Å². The molecule has 21 heavy (non-hydrogen) atoms. The van der Waals surface area contributed by atoms with E-state index in [-0.39, 0.29) is 11.4 Å². The molecule has 3 nitrogen and oxygen atoms in total. The van der Waals surface area contributed by atoms with E-state index in [1.807, 2.05) is 6.07 Å². The topological polar surface area (TPSA) is 47.3 Å². The smallest absolute Gasteiger partial charge is 0.399 e. The van der Waals surface area contributed by atoms with Gasteiger partial charge in [0.05, 0.1) is 17.9 Å². The fraction of sp³-hybridized carbons (Fsp3) is 0.200. The molecule has 0 saturated heterocycles. The number of hydrogen-bond donors (Lipinski definition) is 2. The molecular weight excluding hydrogens is 281 g/mol. The van der Waals surface area contributed by atoms with Crippen molar-refractivity contribution in [2.45, 2.75) is 12.8 Å². The highest BCUT2D eigenvalue weighted by molar-refractivity contribution is 5.67. The predicted octanol–water partition coefficient (Wildman–Crippen LogP) is 4.18. The first-order valence-electron chi connectivity index (χ1n) is 6.22. The summed E-state index contributed by atoms with van der Waals surface area (Å²) in [5, 5.41) is 2.77. The number of rotatable bonds is 4. The van der Waals surface area contributed by atoms with Crippen LogP contribution in [0.4, 0.5) is 30.2 Å². The normalized spacial score (nSPS) is 11.4. The van der Waals surface area contributed by atoms with E-state index in [1.54, 1.807) is 25.3 Å². The van der Waals surface area contributed by atoms with Gasteiger partial charge in [-0.2, -0.15) is 13.2 Å². The highest BCUT2D eigenvalue weighted by Crippen LogP contribution is 2.37. The molecule has 0 atom stereocenters. The number of hydrogen-bond acceptors (Lipinski definition) is 3.